The Morgan fingerprint density at radius 2 is 2.09 bits per heavy atom. The predicted octanol–water partition coefficient (Wildman–Crippen LogP) is 2.73. The van der Waals surface area contributed by atoms with E-state index in [1.54, 1.807) is 0 Å². The highest BCUT2D eigenvalue weighted by Crippen LogP contribution is 2.44. The van der Waals surface area contributed by atoms with Crippen molar-refractivity contribution in [1.82, 2.24) is 5.32 Å². The molecule has 0 unspecified atom stereocenters. The number of hydrogen-bond donors (Lipinski definition) is 2. The van der Waals surface area contributed by atoms with Gasteiger partial charge in [0.1, 0.15) is 0 Å². The van der Waals surface area contributed by atoms with E-state index in [0.29, 0.717) is 11.4 Å². The number of hydrogen-bond acceptors (Lipinski definition) is 2. The number of guanidine groups is 1. The number of nitrogens with two attached hydrogens (primary N) is 1. The fourth-order valence-corrected chi connectivity index (χ4v) is 2.89. The third-order valence-corrected chi connectivity index (χ3v) is 4.54. The van der Waals surface area contributed by atoms with Crippen molar-refractivity contribution in [1.29, 1.82) is 0 Å². The van der Waals surface area contributed by atoms with E-state index in [4.69, 9.17) is 10.5 Å². The second-order valence-electron chi connectivity index (χ2n) is 6.16. The maximum Gasteiger partial charge on any atom is 0.188 e. The molecular weight excluding hydrogens is 274 g/mol. The number of rotatable bonds is 9. The third kappa shape index (κ3) is 5.34. The van der Waals surface area contributed by atoms with Gasteiger partial charge in [0.15, 0.2) is 5.96 Å². The van der Waals surface area contributed by atoms with Crippen molar-refractivity contribution in [2.45, 2.75) is 39.0 Å². The highest BCUT2D eigenvalue weighted by Gasteiger charge is 2.36. The Morgan fingerprint density at radius 3 is 2.73 bits per heavy atom. The fourth-order valence-electron chi connectivity index (χ4n) is 2.89. The third-order valence-electron chi connectivity index (χ3n) is 4.54. The molecule has 0 aromatic heterocycles. The summed E-state index contributed by atoms with van der Waals surface area (Å²) in [6.07, 6.45) is 5.87. The van der Waals surface area contributed by atoms with Crippen LogP contribution in [0.15, 0.2) is 35.3 Å². The summed E-state index contributed by atoms with van der Waals surface area (Å²) in [5.41, 5.74) is 7.64. The normalized spacial score (nSPS) is 17.0. The maximum atomic E-state index is 5.99. The summed E-state index contributed by atoms with van der Waals surface area (Å²) < 4.78 is 5.49. The largest absolute Gasteiger partial charge is 0.382 e. The Hall–Kier alpha value is -1.55. The zero-order chi connectivity index (χ0) is 15.7. The van der Waals surface area contributed by atoms with E-state index < -0.39 is 0 Å². The van der Waals surface area contributed by atoms with Crippen molar-refractivity contribution in [3.05, 3.63) is 35.9 Å². The van der Waals surface area contributed by atoms with Gasteiger partial charge in [0.2, 0.25) is 0 Å². The summed E-state index contributed by atoms with van der Waals surface area (Å²) in [6.45, 7) is 5.33. The van der Waals surface area contributed by atoms with E-state index in [1.165, 1.54) is 24.8 Å². The highest BCUT2D eigenvalue weighted by atomic mass is 16.5. The van der Waals surface area contributed by atoms with E-state index in [0.717, 1.165) is 39.1 Å². The molecule has 1 fully saturated rings. The van der Waals surface area contributed by atoms with Gasteiger partial charge in [0, 0.05) is 26.3 Å². The van der Waals surface area contributed by atoms with Crippen LogP contribution in [-0.4, -0.2) is 32.3 Å². The van der Waals surface area contributed by atoms with Crippen molar-refractivity contribution < 1.29 is 4.74 Å². The van der Waals surface area contributed by atoms with Crippen LogP contribution >= 0.6 is 0 Å². The second-order valence-corrected chi connectivity index (χ2v) is 6.16. The quantitative estimate of drug-likeness (QED) is 0.419. The monoisotopic (exact) mass is 303 g/mol. The average Bonchev–Trinajstić information content (AvgIpc) is 2.50. The summed E-state index contributed by atoms with van der Waals surface area (Å²) in [7, 11) is 0. The summed E-state index contributed by atoms with van der Waals surface area (Å²) in [5.74, 6) is 0.568. The van der Waals surface area contributed by atoms with Crippen LogP contribution < -0.4 is 11.1 Å². The van der Waals surface area contributed by atoms with Gasteiger partial charge in [-0.25, -0.2) is 0 Å². The zero-order valence-electron chi connectivity index (χ0n) is 13.7. The van der Waals surface area contributed by atoms with Gasteiger partial charge in [-0.05, 0) is 43.6 Å². The Labute approximate surface area is 134 Å². The van der Waals surface area contributed by atoms with Gasteiger partial charge >= 0.3 is 0 Å². The highest BCUT2D eigenvalue weighted by molar-refractivity contribution is 5.77. The maximum absolute atomic E-state index is 5.99. The molecular formula is C18H29N3O. The van der Waals surface area contributed by atoms with Crippen molar-refractivity contribution in [2.24, 2.45) is 16.1 Å². The lowest BCUT2D eigenvalue weighted by Crippen LogP contribution is -2.38. The summed E-state index contributed by atoms with van der Waals surface area (Å²) in [5, 5.41) is 3.22. The van der Waals surface area contributed by atoms with Gasteiger partial charge in [0.05, 0.1) is 0 Å². The molecule has 0 heterocycles. The van der Waals surface area contributed by atoms with Gasteiger partial charge < -0.3 is 15.8 Å². The molecule has 1 aromatic rings. The van der Waals surface area contributed by atoms with Crippen LogP contribution in [0.25, 0.3) is 0 Å². The number of nitrogens with zero attached hydrogens (tertiary/aromatic N) is 1. The van der Waals surface area contributed by atoms with Gasteiger partial charge in [-0.15, -0.1) is 0 Å². The second kappa shape index (κ2) is 8.79. The first-order chi connectivity index (χ1) is 10.7. The average molecular weight is 303 g/mol. The molecule has 1 aromatic carbocycles. The van der Waals surface area contributed by atoms with Crippen molar-refractivity contribution in [3.63, 3.8) is 0 Å². The molecule has 0 bridgehead atoms. The smallest absolute Gasteiger partial charge is 0.188 e. The standard InChI is InChI=1S/C18H29N3O/c1-2-22-14-12-18(10-6-11-18)15-21-17(19)20-13-9-16-7-4-3-5-8-16/h3-5,7-8H,2,6,9-15H2,1H3,(H3,19,20,21). The molecule has 0 aliphatic heterocycles. The number of ether oxygens (including phenoxy) is 1. The van der Waals surface area contributed by atoms with E-state index in [9.17, 15) is 0 Å². The first-order valence-corrected chi connectivity index (χ1v) is 8.39. The first kappa shape index (κ1) is 16.8. The van der Waals surface area contributed by atoms with Crippen LogP contribution in [0.3, 0.4) is 0 Å². The molecule has 1 aliphatic carbocycles. The molecule has 0 amide bonds. The van der Waals surface area contributed by atoms with Crippen LogP contribution in [0.4, 0.5) is 0 Å². The molecule has 22 heavy (non-hydrogen) atoms. The van der Waals surface area contributed by atoms with Gasteiger partial charge in [0.25, 0.3) is 0 Å². The molecule has 1 saturated carbocycles. The Kier molecular flexibility index (Phi) is 6.72. The molecule has 2 rings (SSSR count). The van der Waals surface area contributed by atoms with E-state index in [1.807, 2.05) is 13.0 Å². The van der Waals surface area contributed by atoms with Crippen LogP contribution in [0.1, 0.15) is 38.2 Å². The lowest BCUT2D eigenvalue weighted by atomic mass is 9.67. The van der Waals surface area contributed by atoms with Crippen molar-refractivity contribution in [3.8, 4) is 0 Å². The van der Waals surface area contributed by atoms with Crippen LogP contribution in [-0.2, 0) is 11.2 Å². The molecule has 4 heteroatoms. The van der Waals surface area contributed by atoms with Crippen LogP contribution in [0.5, 0.6) is 0 Å². The van der Waals surface area contributed by atoms with Gasteiger partial charge in [-0.3, -0.25) is 4.99 Å². The first-order valence-electron chi connectivity index (χ1n) is 8.39. The Balaban J connectivity index is 1.69. The van der Waals surface area contributed by atoms with E-state index in [2.05, 4.69) is 34.6 Å². The Bertz CT molecular complexity index is 455. The SMILES string of the molecule is CCOCCC1(CN=C(N)NCCc2ccccc2)CCC1. The summed E-state index contributed by atoms with van der Waals surface area (Å²) in [6, 6.07) is 10.4. The summed E-state index contributed by atoms with van der Waals surface area (Å²) >= 11 is 0. The van der Waals surface area contributed by atoms with Crippen LogP contribution in [0, 0.1) is 5.41 Å². The molecule has 0 spiro atoms. The van der Waals surface area contributed by atoms with E-state index in [-0.39, 0.29) is 0 Å². The molecule has 122 valence electrons. The Morgan fingerprint density at radius 1 is 1.32 bits per heavy atom. The lowest BCUT2D eigenvalue weighted by molar-refractivity contribution is 0.0609. The molecule has 0 saturated heterocycles. The molecule has 0 atom stereocenters. The minimum Gasteiger partial charge on any atom is -0.382 e. The number of aliphatic imine (C=N–C) groups is 1. The van der Waals surface area contributed by atoms with Crippen molar-refractivity contribution in [2.75, 3.05) is 26.3 Å². The minimum absolute atomic E-state index is 0.334. The number of nitrogens with one attached hydrogen (secondary N) is 1. The molecule has 4 nitrogen and oxygen atoms in total. The van der Waals surface area contributed by atoms with Crippen LogP contribution in [0.2, 0.25) is 0 Å². The molecule has 0 radical (unpaired) electrons. The molecule has 3 N–H and O–H groups in total. The van der Waals surface area contributed by atoms with Crippen molar-refractivity contribution >= 4 is 5.96 Å². The minimum atomic E-state index is 0.334. The van der Waals surface area contributed by atoms with Gasteiger partial charge in [-0.2, -0.15) is 0 Å². The molecule has 1 aliphatic rings. The number of benzene rings is 1. The predicted molar refractivity (Wildman–Crippen MR) is 92.0 cm³/mol. The lowest BCUT2D eigenvalue weighted by Gasteiger charge is -2.40. The van der Waals surface area contributed by atoms with Gasteiger partial charge in [-0.1, -0.05) is 36.8 Å². The topological polar surface area (TPSA) is 59.6 Å². The summed E-state index contributed by atoms with van der Waals surface area (Å²) in [4.78, 5) is 4.56. The van der Waals surface area contributed by atoms with E-state index >= 15 is 0 Å². The fraction of sp³-hybridized carbons (Fsp3) is 0.611. The zero-order valence-corrected chi connectivity index (χ0v) is 13.7.